The van der Waals surface area contributed by atoms with Crippen molar-refractivity contribution in [3.63, 3.8) is 0 Å². The van der Waals surface area contributed by atoms with Gasteiger partial charge in [-0.05, 0) is 67.1 Å². The summed E-state index contributed by atoms with van der Waals surface area (Å²) in [5, 5.41) is 0. The maximum absolute atomic E-state index is 13.7. The lowest BCUT2D eigenvalue weighted by molar-refractivity contribution is -0.137. The third-order valence-corrected chi connectivity index (χ3v) is 6.57. The van der Waals surface area contributed by atoms with E-state index in [0.717, 1.165) is 42.5 Å². The third kappa shape index (κ3) is 4.60. The fourth-order valence-corrected chi connectivity index (χ4v) is 4.90. The van der Waals surface area contributed by atoms with E-state index in [1.807, 2.05) is 42.5 Å². The van der Waals surface area contributed by atoms with Gasteiger partial charge in [0, 0.05) is 0 Å². The average molecular weight is 494 g/mol. The molecule has 3 aromatic carbocycles. The van der Waals surface area contributed by atoms with Crippen molar-refractivity contribution in [3.8, 4) is 22.6 Å². The molecule has 5 rings (SSSR count). The molecule has 0 radical (unpaired) electrons. The normalized spacial score (nSPS) is 17.5. The zero-order chi connectivity index (χ0) is 25.3. The minimum absolute atomic E-state index is 0.00648. The molecular weight excluding hydrogens is 467 g/mol. The summed E-state index contributed by atoms with van der Waals surface area (Å²) in [4.78, 5) is 10.2. The molecule has 4 N–H and O–H groups in total. The van der Waals surface area contributed by atoms with Gasteiger partial charge in [-0.3, -0.25) is 4.90 Å². The molecule has 1 heterocycles. The van der Waals surface area contributed by atoms with Crippen LogP contribution in [0.15, 0.2) is 82.8 Å². The van der Waals surface area contributed by atoms with Gasteiger partial charge < -0.3 is 16.2 Å². The molecule has 0 unspecified atom stereocenters. The van der Waals surface area contributed by atoms with Crippen LogP contribution in [0, 0.1) is 0 Å². The molecule has 1 aliphatic heterocycles. The second-order valence-electron chi connectivity index (χ2n) is 8.99. The summed E-state index contributed by atoms with van der Waals surface area (Å²) in [6.07, 6.45) is -0.680. The molecule has 0 amide bonds. The van der Waals surface area contributed by atoms with E-state index in [-0.39, 0.29) is 23.4 Å². The van der Waals surface area contributed by atoms with E-state index < -0.39 is 17.4 Å². The Bertz CT molecular complexity index is 1300. The van der Waals surface area contributed by atoms with Crippen LogP contribution in [0.3, 0.4) is 0 Å². The second-order valence-corrected chi connectivity index (χ2v) is 8.99. The van der Waals surface area contributed by atoms with Gasteiger partial charge in [-0.25, -0.2) is 4.99 Å². The minimum atomic E-state index is -4.55. The smallest absolute Gasteiger partial charge is 0.416 e. The first kappa shape index (κ1) is 23.7. The molecular formula is C27H26F3N5O. The first-order valence-electron chi connectivity index (χ1n) is 11.8. The zero-order valence-electron chi connectivity index (χ0n) is 19.5. The molecule has 1 saturated carbocycles. The van der Waals surface area contributed by atoms with E-state index in [1.165, 1.54) is 6.07 Å². The Morgan fingerprint density at radius 3 is 2.17 bits per heavy atom. The Kier molecular flexibility index (Phi) is 6.07. The van der Waals surface area contributed by atoms with Crippen LogP contribution in [0.5, 0.6) is 11.5 Å². The maximum atomic E-state index is 13.7. The Labute approximate surface area is 207 Å². The van der Waals surface area contributed by atoms with Gasteiger partial charge in [0.2, 0.25) is 11.9 Å². The van der Waals surface area contributed by atoms with Crippen LogP contribution in [0.2, 0.25) is 0 Å². The van der Waals surface area contributed by atoms with Gasteiger partial charge in [-0.15, -0.1) is 0 Å². The molecule has 0 saturated heterocycles. The van der Waals surface area contributed by atoms with Crippen molar-refractivity contribution < 1.29 is 17.9 Å². The zero-order valence-corrected chi connectivity index (χ0v) is 19.5. The van der Waals surface area contributed by atoms with Gasteiger partial charge in [0.05, 0.1) is 11.3 Å². The fourth-order valence-electron chi connectivity index (χ4n) is 4.90. The van der Waals surface area contributed by atoms with Crippen molar-refractivity contribution in [1.82, 2.24) is 0 Å². The summed E-state index contributed by atoms with van der Waals surface area (Å²) in [5.41, 5.74) is 12.7. The molecule has 2 aliphatic rings. The van der Waals surface area contributed by atoms with Gasteiger partial charge >= 0.3 is 6.18 Å². The number of hydrogen-bond donors (Lipinski definition) is 2. The Hall–Kier alpha value is -4.01. The number of halogens is 3. The van der Waals surface area contributed by atoms with Crippen molar-refractivity contribution in [1.29, 1.82) is 0 Å². The van der Waals surface area contributed by atoms with Crippen LogP contribution in [-0.4, -0.2) is 17.6 Å². The number of hydrogen-bond acceptors (Lipinski definition) is 6. The molecule has 3 aromatic rings. The van der Waals surface area contributed by atoms with Crippen molar-refractivity contribution in [2.24, 2.45) is 21.5 Å². The SMILES string of the molecule is NC1=NC2(CCCCC2)N(c2cc(C(F)(F)F)ccc2Oc2ccc(-c3ccccc3)cc2)C(N)=N1. The first-order valence-corrected chi connectivity index (χ1v) is 11.8. The number of alkyl halides is 3. The molecule has 6 nitrogen and oxygen atoms in total. The highest BCUT2D eigenvalue weighted by Crippen LogP contribution is 2.45. The Morgan fingerprint density at radius 1 is 0.833 bits per heavy atom. The van der Waals surface area contributed by atoms with E-state index in [0.29, 0.717) is 18.6 Å². The van der Waals surface area contributed by atoms with Gasteiger partial charge in [-0.2, -0.15) is 18.2 Å². The van der Waals surface area contributed by atoms with Crippen LogP contribution in [0.25, 0.3) is 11.1 Å². The number of nitrogens with two attached hydrogens (primary N) is 2. The molecule has 0 bridgehead atoms. The van der Waals surface area contributed by atoms with Gasteiger partial charge in [0.25, 0.3) is 0 Å². The summed E-state index contributed by atoms with van der Waals surface area (Å²) < 4.78 is 47.3. The van der Waals surface area contributed by atoms with E-state index in [9.17, 15) is 13.2 Å². The molecule has 0 atom stereocenters. The predicted octanol–water partition coefficient (Wildman–Crippen LogP) is 6.27. The minimum Gasteiger partial charge on any atom is -0.455 e. The maximum Gasteiger partial charge on any atom is 0.416 e. The number of anilines is 1. The monoisotopic (exact) mass is 493 g/mol. The van der Waals surface area contributed by atoms with Crippen LogP contribution < -0.4 is 21.1 Å². The largest absolute Gasteiger partial charge is 0.455 e. The standard InChI is InChI=1S/C27H26F3N5O/c28-27(29,30)20-11-14-23(36-21-12-9-19(10-13-21)18-7-3-1-4-8-18)22(17-20)35-25(32)33-24(31)34-26(35)15-5-2-6-16-26/h1,3-4,7-14,17H,2,5-6,15-16H2,(H4,31,32,33,34). The lowest BCUT2D eigenvalue weighted by Crippen LogP contribution is -2.58. The fraction of sp³-hybridized carbons (Fsp3) is 0.259. The highest BCUT2D eigenvalue weighted by Gasteiger charge is 2.44. The van der Waals surface area contributed by atoms with Crippen LogP contribution in [0.1, 0.15) is 37.7 Å². The number of rotatable bonds is 4. The average Bonchev–Trinajstić information content (AvgIpc) is 2.85. The van der Waals surface area contributed by atoms with Crippen molar-refractivity contribution in [3.05, 3.63) is 78.4 Å². The molecule has 36 heavy (non-hydrogen) atoms. The van der Waals surface area contributed by atoms with E-state index in [2.05, 4.69) is 9.98 Å². The molecule has 186 valence electrons. The molecule has 1 fully saturated rings. The van der Waals surface area contributed by atoms with Crippen molar-refractivity contribution in [2.75, 3.05) is 4.90 Å². The van der Waals surface area contributed by atoms with Gasteiger partial charge in [-0.1, -0.05) is 48.9 Å². The van der Waals surface area contributed by atoms with Gasteiger partial charge in [0.15, 0.2) is 5.75 Å². The highest BCUT2D eigenvalue weighted by atomic mass is 19.4. The summed E-state index contributed by atoms with van der Waals surface area (Å²) >= 11 is 0. The second kappa shape index (κ2) is 9.22. The van der Waals surface area contributed by atoms with E-state index >= 15 is 0 Å². The Morgan fingerprint density at radius 2 is 1.50 bits per heavy atom. The molecule has 1 spiro atoms. The van der Waals surface area contributed by atoms with Crippen LogP contribution in [-0.2, 0) is 6.18 Å². The van der Waals surface area contributed by atoms with E-state index in [1.54, 1.807) is 17.0 Å². The highest BCUT2D eigenvalue weighted by molar-refractivity contribution is 6.06. The lowest BCUT2D eigenvalue weighted by atomic mass is 9.87. The molecule has 0 aromatic heterocycles. The van der Waals surface area contributed by atoms with Crippen LogP contribution in [0.4, 0.5) is 18.9 Å². The number of aliphatic imine (C=N–C) groups is 2. The lowest BCUT2D eigenvalue weighted by Gasteiger charge is -2.46. The Balaban J connectivity index is 1.56. The molecule has 9 heteroatoms. The van der Waals surface area contributed by atoms with E-state index in [4.69, 9.17) is 16.2 Å². The third-order valence-electron chi connectivity index (χ3n) is 6.57. The number of guanidine groups is 2. The van der Waals surface area contributed by atoms with Crippen LogP contribution >= 0.6 is 0 Å². The number of benzene rings is 3. The molecule has 1 aliphatic carbocycles. The summed E-state index contributed by atoms with van der Waals surface area (Å²) in [7, 11) is 0. The predicted molar refractivity (Wildman–Crippen MR) is 135 cm³/mol. The summed E-state index contributed by atoms with van der Waals surface area (Å²) in [6.45, 7) is 0. The quantitative estimate of drug-likeness (QED) is 0.448. The van der Waals surface area contributed by atoms with Crippen molar-refractivity contribution in [2.45, 2.75) is 43.9 Å². The number of nitrogens with zero attached hydrogens (tertiary/aromatic N) is 3. The first-order chi connectivity index (χ1) is 17.2. The van der Waals surface area contributed by atoms with Crippen molar-refractivity contribution >= 4 is 17.6 Å². The summed E-state index contributed by atoms with van der Waals surface area (Å²) in [6, 6.07) is 20.6. The number of ether oxygens (including phenoxy) is 1. The summed E-state index contributed by atoms with van der Waals surface area (Å²) in [5.74, 6) is 0.711. The topological polar surface area (TPSA) is 89.2 Å². The van der Waals surface area contributed by atoms with Gasteiger partial charge in [0.1, 0.15) is 11.4 Å².